The van der Waals surface area contributed by atoms with Crippen LogP contribution in [0.1, 0.15) is 23.6 Å². The zero-order chi connectivity index (χ0) is 30.9. The molecule has 1 fully saturated rings. The first-order valence-corrected chi connectivity index (χ1v) is 14.3. The van der Waals surface area contributed by atoms with Gasteiger partial charge in [-0.15, -0.1) is 0 Å². The topological polar surface area (TPSA) is 180 Å². The quantitative estimate of drug-likeness (QED) is 0.207. The van der Waals surface area contributed by atoms with Crippen LogP contribution in [-0.2, 0) is 25.7 Å². The van der Waals surface area contributed by atoms with Crippen molar-refractivity contribution >= 4 is 35.3 Å². The number of carbonyl (C=O) groups is 3. The summed E-state index contributed by atoms with van der Waals surface area (Å²) in [4.78, 5) is 47.7. The Morgan fingerprint density at radius 3 is 2.61 bits per heavy atom. The van der Waals surface area contributed by atoms with Crippen molar-refractivity contribution in [1.29, 1.82) is 0 Å². The van der Waals surface area contributed by atoms with E-state index in [1.54, 1.807) is 11.1 Å². The first-order valence-electron chi connectivity index (χ1n) is 14.3. The Hall–Kier alpha value is -5.01. The number of amidine groups is 1. The molecule has 4 unspecified atom stereocenters. The molecule has 0 spiro atoms. The molecule has 2 amide bonds. The van der Waals surface area contributed by atoms with E-state index in [9.17, 15) is 19.5 Å². The molecular formula is C31H35N7O6. The summed E-state index contributed by atoms with van der Waals surface area (Å²) in [5.74, 6) is -0.716. The zero-order valence-corrected chi connectivity index (χ0v) is 24.0. The molecule has 3 aromatic rings. The molecule has 4 atom stereocenters. The maximum Gasteiger partial charge on any atom is 0.410 e. The summed E-state index contributed by atoms with van der Waals surface area (Å²) in [6, 6.07) is 20.1. The number of rotatable bonds is 12. The van der Waals surface area contributed by atoms with Gasteiger partial charge in [-0.3, -0.25) is 9.79 Å². The maximum atomic E-state index is 13.0. The number of aliphatic carboxylic acids is 1. The van der Waals surface area contributed by atoms with E-state index in [4.69, 9.17) is 15.2 Å². The van der Waals surface area contributed by atoms with Gasteiger partial charge in [0.2, 0.25) is 5.91 Å². The van der Waals surface area contributed by atoms with Crippen LogP contribution in [0.5, 0.6) is 0 Å². The summed E-state index contributed by atoms with van der Waals surface area (Å²) >= 11 is 0. The largest absolute Gasteiger partial charge is 0.480 e. The van der Waals surface area contributed by atoms with Gasteiger partial charge in [0.15, 0.2) is 6.04 Å². The number of amides is 2. The molecule has 5 rings (SSSR count). The molecular weight excluding hydrogens is 566 g/mol. The van der Waals surface area contributed by atoms with Gasteiger partial charge in [-0.05, 0) is 35.7 Å². The highest BCUT2D eigenvalue weighted by molar-refractivity contribution is 6.06. The number of pyridine rings is 1. The third-order valence-electron chi connectivity index (χ3n) is 7.38. The summed E-state index contributed by atoms with van der Waals surface area (Å²) in [7, 11) is 0. The Morgan fingerprint density at radius 1 is 1.09 bits per heavy atom. The summed E-state index contributed by atoms with van der Waals surface area (Å²) in [5.41, 5.74) is 8.67. The Labute approximate surface area is 254 Å². The highest BCUT2D eigenvalue weighted by atomic mass is 16.6. The molecule has 0 saturated carbocycles. The second kappa shape index (κ2) is 14.4. The number of hydrogen-bond acceptors (Lipinski definition) is 9. The average Bonchev–Trinajstić information content (AvgIpc) is 3.61. The molecule has 0 radical (unpaired) electrons. The second-order valence-electron chi connectivity index (χ2n) is 10.5. The normalized spacial score (nSPS) is 20.4. The molecule has 2 aromatic carbocycles. The first kappa shape index (κ1) is 30.4. The van der Waals surface area contributed by atoms with Crippen molar-refractivity contribution in [3.63, 3.8) is 0 Å². The number of fused-ring (bicyclic) bond motifs is 1. The Balaban J connectivity index is 1.13. The fraction of sp³-hybridized carbons (Fsp3) is 0.323. The van der Waals surface area contributed by atoms with Gasteiger partial charge in [0.25, 0.3) is 0 Å². The van der Waals surface area contributed by atoms with Gasteiger partial charge in [0, 0.05) is 18.4 Å². The molecule has 3 heterocycles. The van der Waals surface area contributed by atoms with Crippen LogP contribution < -0.4 is 21.7 Å². The van der Waals surface area contributed by atoms with Crippen LogP contribution in [0.15, 0.2) is 84.0 Å². The van der Waals surface area contributed by atoms with E-state index in [1.807, 2.05) is 72.8 Å². The number of nitrogens with one attached hydrogen (secondary N) is 3. The van der Waals surface area contributed by atoms with Gasteiger partial charge < -0.3 is 41.2 Å². The van der Waals surface area contributed by atoms with Crippen LogP contribution in [0.2, 0.25) is 0 Å². The minimum absolute atomic E-state index is 0.131. The molecule has 44 heavy (non-hydrogen) atoms. The molecule has 6 N–H and O–H groups in total. The van der Waals surface area contributed by atoms with Gasteiger partial charge in [-0.2, -0.15) is 0 Å². The van der Waals surface area contributed by atoms with Crippen molar-refractivity contribution < 1.29 is 29.0 Å². The van der Waals surface area contributed by atoms with Gasteiger partial charge in [0.05, 0.1) is 31.3 Å². The fourth-order valence-corrected chi connectivity index (χ4v) is 5.07. The number of aromatic nitrogens is 1. The predicted octanol–water partition coefficient (Wildman–Crippen LogP) is 2.38. The minimum Gasteiger partial charge on any atom is -0.480 e. The maximum absolute atomic E-state index is 13.0. The van der Waals surface area contributed by atoms with Crippen molar-refractivity contribution in [2.45, 2.75) is 37.3 Å². The van der Waals surface area contributed by atoms with Crippen molar-refractivity contribution in [3.05, 3.63) is 90.1 Å². The number of anilines is 2. The van der Waals surface area contributed by atoms with E-state index in [1.165, 1.54) is 0 Å². The van der Waals surface area contributed by atoms with E-state index < -0.39 is 36.2 Å². The van der Waals surface area contributed by atoms with Crippen LogP contribution in [0.3, 0.4) is 0 Å². The van der Waals surface area contributed by atoms with Gasteiger partial charge >= 0.3 is 12.1 Å². The van der Waals surface area contributed by atoms with Gasteiger partial charge in [-0.25, -0.2) is 14.6 Å². The first-order chi connectivity index (χ1) is 21.4. The van der Waals surface area contributed by atoms with E-state index in [2.05, 4.69) is 25.9 Å². The molecule has 1 saturated heterocycles. The number of likely N-dealkylation sites (tertiary alicyclic amines) is 1. The molecule has 2 aliphatic heterocycles. The third-order valence-corrected chi connectivity index (χ3v) is 7.38. The summed E-state index contributed by atoms with van der Waals surface area (Å²) in [5, 5.41) is 18.6. The van der Waals surface area contributed by atoms with Crippen molar-refractivity contribution in [3.8, 4) is 0 Å². The number of nitrogens with zero attached hydrogens (tertiary/aromatic N) is 3. The molecule has 230 valence electrons. The lowest BCUT2D eigenvalue weighted by Gasteiger charge is -2.24. The van der Waals surface area contributed by atoms with E-state index in [0.717, 1.165) is 16.8 Å². The molecule has 13 heteroatoms. The lowest BCUT2D eigenvalue weighted by molar-refractivity contribution is -0.138. The number of carboxylic acid groups (broad SMARTS) is 1. The van der Waals surface area contributed by atoms with E-state index in [-0.39, 0.29) is 32.3 Å². The highest BCUT2D eigenvalue weighted by Gasteiger charge is 2.37. The number of nitrogens with two attached hydrogens (primary N) is 1. The van der Waals surface area contributed by atoms with Crippen molar-refractivity contribution in [2.75, 3.05) is 36.9 Å². The number of carbonyl (C=O) groups excluding carboxylic acids is 2. The lowest BCUT2D eigenvalue weighted by atomic mass is 10.1. The number of para-hydroxylation sites is 1. The SMILES string of the molecule is NC1C(=NC(CNC(=O)COC2CC(CNc3ccccn3)N(C(=O)OCc3ccccc3)C2)C(=O)O)Nc2ccccc21. The molecule has 1 aromatic heterocycles. The minimum atomic E-state index is -1.25. The van der Waals surface area contributed by atoms with Crippen LogP contribution in [0.4, 0.5) is 16.3 Å². The highest BCUT2D eigenvalue weighted by Crippen LogP contribution is 2.29. The third kappa shape index (κ3) is 7.88. The van der Waals surface area contributed by atoms with Crippen LogP contribution in [0, 0.1) is 0 Å². The van der Waals surface area contributed by atoms with Crippen LogP contribution in [0.25, 0.3) is 0 Å². The molecule has 13 nitrogen and oxygen atoms in total. The van der Waals surface area contributed by atoms with Crippen molar-refractivity contribution in [2.24, 2.45) is 10.7 Å². The summed E-state index contributed by atoms with van der Waals surface area (Å²) < 4.78 is 11.4. The van der Waals surface area contributed by atoms with Crippen molar-refractivity contribution in [1.82, 2.24) is 15.2 Å². The number of aliphatic imine (C=N–C) groups is 1. The van der Waals surface area contributed by atoms with Crippen LogP contribution in [-0.4, -0.2) is 83.2 Å². The standard InChI is InChI=1S/C31H35N7O6/c32-28-23-10-4-5-11-24(23)36-29(28)37-25(30(40)41)16-35-27(39)19-43-22-14-21(15-34-26-12-6-7-13-33-26)38(17-22)31(42)44-18-20-8-2-1-3-9-20/h1-13,21-22,25,28H,14-19,32H2,(H,33,34)(H,35,39)(H,36,37)(H,40,41). The summed E-state index contributed by atoms with van der Waals surface area (Å²) in [6.45, 7) is 0.205. The Morgan fingerprint density at radius 2 is 1.86 bits per heavy atom. The monoisotopic (exact) mass is 601 g/mol. The zero-order valence-electron chi connectivity index (χ0n) is 24.0. The predicted molar refractivity (Wildman–Crippen MR) is 163 cm³/mol. The second-order valence-corrected chi connectivity index (χ2v) is 10.5. The number of carboxylic acids is 1. The Kier molecular flexibility index (Phi) is 10.00. The molecule has 2 aliphatic rings. The summed E-state index contributed by atoms with van der Waals surface area (Å²) in [6.07, 6.45) is 1.21. The van der Waals surface area contributed by atoms with Gasteiger partial charge in [0.1, 0.15) is 24.9 Å². The lowest BCUT2D eigenvalue weighted by Crippen LogP contribution is -2.40. The van der Waals surface area contributed by atoms with E-state index in [0.29, 0.717) is 24.6 Å². The molecule has 0 bridgehead atoms. The van der Waals surface area contributed by atoms with Crippen LogP contribution >= 0.6 is 0 Å². The molecule has 0 aliphatic carbocycles. The average molecular weight is 602 g/mol. The number of benzene rings is 2. The Bertz CT molecular complexity index is 1470. The number of ether oxygens (including phenoxy) is 2. The smallest absolute Gasteiger partial charge is 0.410 e. The fourth-order valence-electron chi connectivity index (χ4n) is 5.07. The van der Waals surface area contributed by atoms with Gasteiger partial charge in [-0.1, -0.05) is 54.6 Å². The van der Waals surface area contributed by atoms with E-state index >= 15 is 0 Å². The number of hydrogen-bond donors (Lipinski definition) is 5.